The molecule has 0 spiro atoms. The van der Waals surface area contributed by atoms with E-state index >= 15 is 0 Å². The highest BCUT2D eigenvalue weighted by Crippen LogP contribution is 2.30. The van der Waals surface area contributed by atoms with Gasteiger partial charge in [0.1, 0.15) is 17.3 Å². The monoisotopic (exact) mass is 324 g/mol. The molecule has 0 unspecified atom stereocenters. The van der Waals surface area contributed by atoms with Gasteiger partial charge in [-0.25, -0.2) is 4.98 Å². The second-order valence-electron chi connectivity index (χ2n) is 3.79. The lowest BCUT2D eigenvalue weighted by molar-refractivity contribution is 0.341. The van der Waals surface area contributed by atoms with Gasteiger partial charge < -0.3 is 21.2 Å². The molecule has 2 rings (SSSR count). The molecule has 6 nitrogen and oxygen atoms in total. The Morgan fingerprint density at radius 1 is 1.42 bits per heavy atom. The Balaban J connectivity index is 2.61. The quantitative estimate of drug-likeness (QED) is 0.797. The van der Waals surface area contributed by atoms with Gasteiger partial charge in [-0.1, -0.05) is 15.9 Å². The summed E-state index contributed by atoms with van der Waals surface area (Å²) >= 11 is 3.36. The standard InChI is InChI=1S/C12H13BrN4O2/c1-2-19-8-5-6(13)3-4-7(8)11-16-10(15)9(14)12(18)17-11/h3-5H,2,14H2,1H3,(H3,15,16,17,18). The van der Waals surface area contributed by atoms with Crippen molar-refractivity contribution in [2.24, 2.45) is 0 Å². The lowest BCUT2D eigenvalue weighted by Crippen LogP contribution is -2.17. The van der Waals surface area contributed by atoms with E-state index in [4.69, 9.17) is 16.2 Å². The summed E-state index contributed by atoms with van der Waals surface area (Å²) in [5, 5.41) is 0. The molecule has 0 bridgehead atoms. The number of hydrogen-bond donors (Lipinski definition) is 3. The van der Waals surface area contributed by atoms with E-state index in [0.717, 1.165) is 4.47 Å². The maximum absolute atomic E-state index is 11.6. The summed E-state index contributed by atoms with van der Waals surface area (Å²) in [7, 11) is 0. The van der Waals surface area contributed by atoms with E-state index in [1.165, 1.54) is 0 Å². The minimum Gasteiger partial charge on any atom is -0.493 e. The molecule has 0 saturated heterocycles. The number of aromatic nitrogens is 2. The zero-order valence-corrected chi connectivity index (χ0v) is 11.8. The van der Waals surface area contributed by atoms with Gasteiger partial charge in [-0.3, -0.25) is 4.79 Å². The predicted molar refractivity (Wildman–Crippen MR) is 78.0 cm³/mol. The third-order valence-corrected chi connectivity index (χ3v) is 2.98. The zero-order chi connectivity index (χ0) is 14.0. The lowest BCUT2D eigenvalue weighted by atomic mass is 10.2. The minimum absolute atomic E-state index is 0.00381. The van der Waals surface area contributed by atoms with Crippen molar-refractivity contribution in [1.82, 2.24) is 9.97 Å². The number of halogens is 1. The van der Waals surface area contributed by atoms with Crippen molar-refractivity contribution in [3.8, 4) is 17.1 Å². The van der Waals surface area contributed by atoms with Gasteiger partial charge >= 0.3 is 0 Å². The fraction of sp³-hybridized carbons (Fsp3) is 0.167. The van der Waals surface area contributed by atoms with Crippen LogP contribution < -0.4 is 21.8 Å². The average Bonchev–Trinajstić information content (AvgIpc) is 2.36. The largest absolute Gasteiger partial charge is 0.493 e. The summed E-state index contributed by atoms with van der Waals surface area (Å²) in [6.45, 7) is 2.37. The second-order valence-corrected chi connectivity index (χ2v) is 4.70. The Morgan fingerprint density at radius 3 is 2.79 bits per heavy atom. The summed E-state index contributed by atoms with van der Waals surface area (Å²) in [6, 6.07) is 5.40. The van der Waals surface area contributed by atoms with E-state index in [-0.39, 0.29) is 11.5 Å². The molecule has 2 aromatic rings. The van der Waals surface area contributed by atoms with Crippen molar-refractivity contribution < 1.29 is 4.74 Å². The van der Waals surface area contributed by atoms with Crippen molar-refractivity contribution in [2.75, 3.05) is 18.1 Å². The van der Waals surface area contributed by atoms with E-state index in [0.29, 0.717) is 23.7 Å². The third-order valence-electron chi connectivity index (χ3n) is 2.48. The molecule has 100 valence electrons. The normalized spacial score (nSPS) is 10.4. The summed E-state index contributed by atoms with van der Waals surface area (Å²) in [6.07, 6.45) is 0. The van der Waals surface area contributed by atoms with E-state index in [1.54, 1.807) is 12.1 Å². The molecule has 0 aliphatic heterocycles. The fourth-order valence-corrected chi connectivity index (χ4v) is 1.93. The number of rotatable bonds is 3. The third kappa shape index (κ3) is 2.70. The fourth-order valence-electron chi connectivity index (χ4n) is 1.59. The van der Waals surface area contributed by atoms with Crippen LogP contribution in [0.1, 0.15) is 6.92 Å². The Bertz CT molecular complexity index is 669. The first kappa shape index (κ1) is 13.4. The average molecular weight is 325 g/mol. The van der Waals surface area contributed by atoms with Gasteiger partial charge in [0.25, 0.3) is 5.56 Å². The molecule has 1 aromatic heterocycles. The van der Waals surface area contributed by atoms with E-state index in [2.05, 4.69) is 25.9 Å². The molecule has 19 heavy (non-hydrogen) atoms. The SMILES string of the molecule is CCOc1cc(Br)ccc1-c1nc(N)c(N)c(=O)[nH]1. The van der Waals surface area contributed by atoms with Crippen molar-refractivity contribution >= 4 is 27.4 Å². The van der Waals surface area contributed by atoms with E-state index in [1.807, 2.05) is 13.0 Å². The molecule has 1 heterocycles. The molecular formula is C12H13BrN4O2. The molecule has 0 atom stereocenters. The molecule has 0 saturated carbocycles. The first-order valence-corrected chi connectivity index (χ1v) is 6.40. The molecule has 0 radical (unpaired) electrons. The Kier molecular flexibility index (Phi) is 3.75. The number of nitrogen functional groups attached to an aromatic ring is 2. The van der Waals surface area contributed by atoms with E-state index in [9.17, 15) is 4.79 Å². The number of ether oxygens (including phenoxy) is 1. The Morgan fingerprint density at radius 2 is 2.16 bits per heavy atom. The number of benzene rings is 1. The number of anilines is 2. The van der Waals surface area contributed by atoms with Crippen LogP contribution in [0.3, 0.4) is 0 Å². The van der Waals surface area contributed by atoms with Gasteiger partial charge in [0.15, 0.2) is 5.82 Å². The van der Waals surface area contributed by atoms with Crippen LogP contribution in [0.2, 0.25) is 0 Å². The molecule has 5 N–H and O–H groups in total. The van der Waals surface area contributed by atoms with Gasteiger partial charge in [0.2, 0.25) is 0 Å². The molecular weight excluding hydrogens is 312 g/mol. The number of nitrogens with one attached hydrogen (secondary N) is 1. The Hall–Kier alpha value is -2.02. The maximum Gasteiger partial charge on any atom is 0.276 e. The molecule has 7 heteroatoms. The van der Waals surface area contributed by atoms with E-state index < -0.39 is 5.56 Å². The van der Waals surface area contributed by atoms with Gasteiger partial charge in [-0.15, -0.1) is 0 Å². The topological polar surface area (TPSA) is 107 Å². The lowest BCUT2D eigenvalue weighted by Gasteiger charge is -2.10. The highest BCUT2D eigenvalue weighted by molar-refractivity contribution is 9.10. The van der Waals surface area contributed by atoms with Crippen molar-refractivity contribution in [3.63, 3.8) is 0 Å². The number of nitrogens with two attached hydrogens (primary N) is 2. The summed E-state index contributed by atoms with van der Waals surface area (Å²) in [5.74, 6) is 0.931. The molecule has 0 amide bonds. The van der Waals surface area contributed by atoms with Crippen LogP contribution in [-0.2, 0) is 0 Å². The number of H-pyrrole nitrogens is 1. The van der Waals surface area contributed by atoms with Crippen LogP contribution in [-0.4, -0.2) is 16.6 Å². The van der Waals surface area contributed by atoms with Crippen LogP contribution in [0.15, 0.2) is 27.5 Å². The smallest absolute Gasteiger partial charge is 0.276 e. The van der Waals surface area contributed by atoms with Crippen molar-refractivity contribution in [3.05, 3.63) is 33.0 Å². The Labute approximate surface area is 117 Å². The molecule has 1 aromatic carbocycles. The number of aromatic amines is 1. The summed E-state index contributed by atoms with van der Waals surface area (Å²) in [5.41, 5.74) is 11.2. The zero-order valence-electron chi connectivity index (χ0n) is 10.2. The van der Waals surface area contributed by atoms with Gasteiger partial charge in [0.05, 0.1) is 12.2 Å². The molecule has 0 fully saturated rings. The number of hydrogen-bond acceptors (Lipinski definition) is 5. The van der Waals surface area contributed by atoms with Crippen LogP contribution in [0, 0.1) is 0 Å². The van der Waals surface area contributed by atoms with Crippen LogP contribution >= 0.6 is 15.9 Å². The van der Waals surface area contributed by atoms with Crippen molar-refractivity contribution in [2.45, 2.75) is 6.92 Å². The van der Waals surface area contributed by atoms with Gasteiger partial charge in [0, 0.05) is 4.47 Å². The highest BCUT2D eigenvalue weighted by atomic mass is 79.9. The molecule has 0 aliphatic rings. The highest BCUT2D eigenvalue weighted by Gasteiger charge is 2.12. The first-order valence-electron chi connectivity index (χ1n) is 5.61. The maximum atomic E-state index is 11.6. The van der Waals surface area contributed by atoms with Crippen LogP contribution in [0.4, 0.5) is 11.5 Å². The van der Waals surface area contributed by atoms with Crippen molar-refractivity contribution in [1.29, 1.82) is 0 Å². The molecule has 0 aliphatic carbocycles. The summed E-state index contributed by atoms with van der Waals surface area (Å²) < 4.78 is 6.38. The predicted octanol–water partition coefficient (Wildman–Crippen LogP) is 1.76. The first-order chi connectivity index (χ1) is 9.02. The number of nitrogens with zero attached hydrogens (tertiary/aromatic N) is 1. The van der Waals surface area contributed by atoms with Crippen LogP contribution in [0.25, 0.3) is 11.4 Å². The van der Waals surface area contributed by atoms with Gasteiger partial charge in [-0.2, -0.15) is 0 Å². The van der Waals surface area contributed by atoms with Gasteiger partial charge in [-0.05, 0) is 25.1 Å². The minimum atomic E-state index is -0.465. The summed E-state index contributed by atoms with van der Waals surface area (Å²) in [4.78, 5) is 18.3. The second kappa shape index (κ2) is 5.31. The van der Waals surface area contributed by atoms with Crippen LogP contribution in [0.5, 0.6) is 5.75 Å².